The lowest BCUT2D eigenvalue weighted by Gasteiger charge is -2.14. The van der Waals surface area contributed by atoms with Gasteiger partial charge in [0.1, 0.15) is 5.01 Å². The maximum Gasteiger partial charge on any atom is 0.107 e. The van der Waals surface area contributed by atoms with E-state index >= 15 is 0 Å². The molecule has 1 rings (SSSR count). The molecule has 0 aliphatic heterocycles. The fraction of sp³-hybridized carbons (Fsp3) is 0.769. The van der Waals surface area contributed by atoms with E-state index in [1.54, 1.807) is 17.6 Å². The van der Waals surface area contributed by atoms with Crippen LogP contribution in [0.25, 0.3) is 0 Å². The van der Waals surface area contributed by atoms with Gasteiger partial charge >= 0.3 is 0 Å². The molecule has 0 aromatic carbocycles. The zero-order valence-electron chi connectivity index (χ0n) is 11.9. The smallest absolute Gasteiger partial charge is 0.107 e. The molecular weight excluding hydrogens is 264 g/mol. The van der Waals surface area contributed by atoms with Crippen molar-refractivity contribution in [3.8, 4) is 0 Å². The van der Waals surface area contributed by atoms with Crippen molar-refractivity contribution in [3.05, 3.63) is 16.1 Å². The van der Waals surface area contributed by atoms with Gasteiger partial charge in [-0.15, -0.1) is 11.3 Å². The molecule has 0 aliphatic carbocycles. The normalized spacial score (nSPS) is 15.6. The highest BCUT2D eigenvalue weighted by atomic mass is 32.2. The Morgan fingerprint density at radius 1 is 1.50 bits per heavy atom. The van der Waals surface area contributed by atoms with E-state index in [1.165, 1.54) is 0 Å². The van der Waals surface area contributed by atoms with Crippen LogP contribution in [0.1, 0.15) is 44.8 Å². The Balaban J connectivity index is 2.39. The first kappa shape index (κ1) is 15.8. The summed E-state index contributed by atoms with van der Waals surface area (Å²) in [5, 5.41) is 6.70. The van der Waals surface area contributed by atoms with Gasteiger partial charge in [0.25, 0.3) is 0 Å². The lowest BCUT2D eigenvalue weighted by molar-refractivity contribution is 0.528. The van der Waals surface area contributed by atoms with Crippen molar-refractivity contribution >= 4 is 22.1 Å². The summed E-state index contributed by atoms with van der Waals surface area (Å²) in [7, 11) is -0.695. The monoisotopic (exact) mass is 288 g/mol. The van der Waals surface area contributed by atoms with Gasteiger partial charge in [-0.3, -0.25) is 4.21 Å². The predicted molar refractivity (Wildman–Crippen MR) is 80.7 cm³/mol. The van der Waals surface area contributed by atoms with E-state index in [-0.39, 0.29) is 5.41 Å². The van der Waals surface area contributed by atoms with Gasteiger partial charge in [0, 0.05) is 46.2 Å². The van der Waals surface area contributed by atoms with Crippen molar-refractivity contribution in [3.63, 3.8) is 0 Å². The quantitative estimate of drug-likeness (QED) is 0.875. The van der Waals surface area contributed by atoms with Gasteiger partial charge in [-0.25, -0.2) is 4.98 Å². The summed E-state index contributed by atoms with van der Waals surface area (Å²) in [6.45, 7) is 9.47. The lowest BCUT2D eigenvalue weighted by Crippen LogP contribution is -2.27. The molecule has 0 bridgehead atoms. The van der Waals surface area contributed by atoms with Gasteiger partial charge in [-0.2, -0.15) is 0 Å². The molecule has 1 aromatic heterocycles. The topological polar surface area (TPSA) is 42.0 Å². The van der Waals surface area contributed by atoms with Gasteiger partial charge in [0.2, 0.25) is 0 Å². The largest absolute Gasteiger partial charge is 0.308 e. The minimum Gasteiger partial charge on any atom is -0.308 e. The molecule has 5 heteroatoms. The zero-order valence-corrected chi connectivity index (χ0v) is 13.6. The summed E-state index contributed by atoms with van der Waals surface area (Å²) in [6, 6.07) is 0.385. The Morgan fingerprint density at radius 2 is 2.17 bits per heavy atom. The minimum absolute atomic E-state index is 0.124. The summed E-state index contributed by atoms with van der Waals surface area (Å²) in [5.41, 5.74) is 1.28. The molecule has 2 atom stereocenters. The maximum absolute atomic E-state index is 11.0. The van der Waals surface area contributed by atoms with Gasteiger partial charge in [-0.05, 0) is 13.3 Å². The van der Waals surface area contributed by atoms with E-state index in [0.29, 0.717) is 6.04 Å². The summed E-state index contributed by atoms with van der Waals surface area (Å²) >= 11 is 1.71. The fourth-order valence-corrected chi connectivity index (χ4v) is 3.10. The van der Waals surface area contributed by atoms with E-state index in [0.717, 1.165) is 29.4 Å². The van der Waals surface area contributed by atoms with Gasteiger partial charge in [-0.1, -0.05) is 20.8 Å². The fourth-order valence-electron chi connectivity index (χ4n) is 1.44. The van der Waals surface area contributed by atoms with Crippen molar-refractivity contribution in [2.24, 2.45) is 0 Å². The molecule has 1 N–H and O–H groups in total. The third-order valence-corrected chi connectivity index (χ3v) is 4.42. The van der Waals surface area contributed by atoms with E-state index < -0.39 is 10.8 Å². The van der Waals surface area contributed by atoms with E-state index in [2.05, 4.69) is 43.4 Å². The first-order valence-electron chi connectivity index (χ1n) is 6.27. The van der Waals surface area contributed by atoms with Crippen LogP contribution in [0.3, 0.4) is 0 Å². The molecule has 1 aromatic rings. The maximum atomic E-state index is 11.0. The van der Waals surface area contributed by atoms with Crippen LogP contribution in [0.4, 0.5) is 0 Å². The van der Waals surface area contributed by atoms with Crippen molar-refractivity contribution in [1.82, 2.24) is 10.3 Å². The second-order valence-electron chi connectivity index (χ2n) is 5.72. The third-order valence-electron chi connectivity index (χ3n) is 2.76. The Bertz CT molecular complexity index is 396. The highest BCUT2D eigenvalue weighted by molar-refractivity contribution is 7.84. The van der Waals surface area contributed by atoms with E-state index in [9.17, 15) is 4.21 Å². The van der Waals surface area contributed by atoms with Crippen LogP contribution >= 0.6 is 11.3 Å². The molecule has 0 amide bonds. The summed E-state index contributed by atoms with van der Waals surface area (Å²) in [5.74, 6) is 0.763. The Kier molecular flexibility index (Phi) is 5.95. The van der Waals surface area contributed by atoms with Gasteiger partial charge in [0.15, 0.2) is 0 Å². The third kappa shape index (κ3) is 5.59. The van der Waals surface area contributed by atoms with E-state index in [1.807, 2.05) is 0 Å². The summed E-state index contributed by atoms with van der Waals surface area (Å²) in [6.07, 6.45) is 2.70. The number of nitrogens with one attached hydrogen (secondary N) is 1. The number of hydrogen-bond acceptors (Lipinski definition) is 4. The van der Waals surface area contributed by atoms with Crippen molar-refractivity contribution < 1.29 is 4.21 Å². The van der Waals surface area contributed by atoms with Crippen molar-refractivity contribution in [2.75, 3.05) is 12.0 Å². The predicted octanol–water partition coefficient (Wildman–Crippen LogP) is 2.69. The van der Waals surface area contributed by atoms with Crippen LogP contribution in [0.15, 0.2) is 5.38 Å². The Hall–Kier alpha value is -0.260. The van der Waals surface area contributed by atoms with Crippen LogP contribution in [-0.4, -0.2) is 27.2 Å². The van der Waals surface area contributed by atoms with Crippen LogP contribution in [0.5, 0.6) is 0 Å². The molecule has 1 heterocycles. The van der Waals surface area contributed by atoms with Crippen LogP contribution in [-0.2, 0) is 22.8 Å². The van der Waals surface area contributed by atoms with Crippen LogP contribution in [0, 0.1) is 0 Å². The van der Waals surface area contributed by atoms with Gasteiger partial charge in [0.05, 0.1) is 5.69 Å². The molecule has 3 nitrogen and oxygen atoms in total. The standard InChI is InChI=1S/C13H24N2OS2/c1-10(6-7-18(5)16)14-8-12-15-11(9-17-12)13(2,3)4/h9-10,14H,6-8H2,1-5H3. The number of thiazole rings is 1. The first-order chi connectivity index (χ1) is 8.29. The molecule has 0 aliphatic rings. The average molecular weight is 288 g/mol. The number of aromatic nitrogens is 1. The lowest BCUT2D eigenvalue weighted by atomic mass is 9.93. The van der Waals surface area contributed by atoms with Crippen LogP contribution in [0.2, 0.25) is 0 Å². The summed E-state index contributed by atoms with van der Waals surface area (Å²) in [4.78, 5) is 4.64. The van der Waals surface area contributed by atoms with Crippen LogP contribution < -0.4 is 5.32 Å². The molecule has 0 fully saturated rings. The highest BCUT2D eigenvalue weighted by Gasteiger charge is 2.17. The Labute approximate surface area is 117 Å². The number of hydrogen-bond donors (Lipinski definition) is 1. The minimum atomic E-state index is -0.695. The second-order valence-corrected chi connectivity index (χ2v) is 8.22. The molecular formula is C13H24N2OS2. The van der Waals surface area contributed by atoms with Crippen molar-refractivity contribution in [2.45, 2.75) is 52.1 Å². The average Bonchev–Trinajstić information content (AvgIpc) is 2.71. The SMILES string of the molecule is CC(CCS(C)=O)NCc1nc(C(C)(C)C)cs1. The zero-order chi connectivity index (χ0) is 13.8. The molecule has 2 unspecified atom stereocenters. The highest BCUT2D eigenvalue weighted by Crippen LogP contribution is 2.23. The number of nitrogens with zero attached hydrogens (tertiary/aromatic N) is 1. The Morgan fingerprint density at radius 3 is 2.67 bits per heavy atom. The molecule has 0 saturated carbocycles. The second kappa shape index (κ2) is 6.78. The van der Waals surface area contributed by atoms with Gasteiger partial charge < -0.3 is 5.32 Å². The molecule has 18 heavy (non-hydrogen) atoms. The summed E-state index contributed by atoms with van der Waals surface area (Å²) < 4.78 is 11.0. The molecule has 0 saturated heterocycles. The molecule has 0 spiro atoms. The first-order valence-corrected chi connectivity index (χ1v) is 8.88. The number of rotatable bonds is 6. The molecule has 0 radical (unpaired) electrons. The van der Waals surface area contributed by atoms with Crippen molar-refractivity contribution in [1.29, 1.82) is 0 Å². The molecule has 104 valence electrons. The van der Waals surface area contributed by atoms with E-state index in [4.69, 9.17) is 0 Å².